The standard InChI is InChI=1S/C13H8N4O/c14-17-15-8-5-6-10-9-3-1-2-4-11(9)13(16-18)12(10)7-8/h1-7,18H/b16-13+. The van der Waals surface area contributed by atoms with Crippen molar-refractivity contribution < 1.29 is 5.21 Å². The first-order valence-electron chi connectivity index (χ1n) is 5.36. The predicted molar refractivity (Wildman–Crippen MR) is 68.1 cm³/mol. The average molecular weight is 236 g/mol. The summed E-state index contributed by atoms with van der Waals surface area (Å²) in [6.07, 6.45) is 0. The van der Waals surface area contributed by atoms with Gasteiger partial charge in [-0.25, -0.2) is 0 Å². The summed E-state index contributed by atoms with van der Waals surface area (Å²) in [5.41, 5.74) is 13.1. The van der Waals surface area contributed by atoms with Crippen LogP contribution < -0.4 is 0 Å². The van der Waals surface area contributed by atoms with Crippen molar-refractivity contribution in [3.05, 3.63) is 64.0 Å². The first-order chi connectivity index (χ1) is 8.85. The molecule has 5 heteroatoms. The van der Waals surface area contributed by atoms with Crippen molar-refractivity contribution in [3.63, 3.8) is 0 Å². The maximum absolute atomic E-state index is 9.16. The largest absolute Gasteiger partial charge is 0.410 e. The van der Waals surface area contributed by atoms with Crippen LogP contribution in [0.1, 0.15) is 11.1 Å². The molecule has 0 unspecified atom stereocenters. The van der Waals surface area contributed by atoms with Crippen LogP contribution in [0.3, 0.4) is 0 Å². The normalized spacial score (nSPS) is 13.9. The van der Waals surface area contributed by atoms with E-state index in [-0.39, 0.29) is 0 Å². The molecule has 0 spiro atoms. The van der Waals surface area contributed by atoms with Crippen LogP contribution in [0.2, 0.25) is 0 Å². The summed E-state index contributed by atoms with van der Waals surface area (Å²) < 4.78 is 0. The smallest absolute Gasteiger partial charge is 0.118 e. The minimum atomic E-state index is 0.505. The second-order valence-electron chi connectivity index (χ2n) is 3.91. The highest BCUT2D eigenvalue weighted by Crippen LogP contribution is 2.38. The lowest BCUT2D eigenvalue weighted by Gasteiger charge is -2.00. The summed E-state index contributed by atoms with van der Waals surface area (Å²) in [6, 6.07) is 13.0. The number of hydrogen-bond acceptors (Lipinski definition) is 3. The third-order valence-electron chi connectivity index (χ3n) is 2.99. The van der Waals surface area contributed by atoms with E-state index in [2.05, 4.69) is 15.2 Å². The van der Waals surface area contributed by atoms with Crippen LogP contribution in [0.4, 0.5) is 5.69 Å². The lowest BCUT2D eigenvalue weighted by Crippen LogP contribution is -1.97. The highest BCUT2D eigenvalue weighted by atomic mass is 16.4. The molecule has 1 aliphatic carbocycles. The van der Waals surface area contributed by atoms with Crippen LogP contribution in [0.25, 0.3) is 21.6 Å². The molecule has 2 aromatic rings. The van der Waals surface area contributed by atoms with Gasteiger partial charge >= 0.3 is 0 Å². The maximum Gasteiger partial charge on any atom is 0.118 e. The molecule has 2 aromatic carbocycles. The Balaban J connectivity index is 2.30. The number of oxime groups is 1. The Hall–Kier alpha value is -2.78. The molecule has 0 atom stereocenters. The van der Waals surface area contributed by atoms with Crippen LogP contribution >= 0.6 is 0 Å². The van der Waals surface area contributed by atoms with Gasteiger partial charge in [0.05, 0.1) is 0 Å². The number of azide groups is 1. The van der Waals surface area contributed by atoms with E-state index in [1.54, 1.807) is 12.1 Å². The van der Waals surface area contributed by atoms with E-state index in [0.717, 1.165) is 22.3 Å². The molecule has 5 nitrogen and oxygen atoms in total. The van der Waals surface area contributed by atoms with Gasteiger partial charge in [0.15, 0.2) is 0 Å². The summed E-state index contributed by atoms with van der Waals surface area (Å²) in [4.78, 5) is 2.75. The van der Waals surface area contributed by atoms with Gasteiger partial charge < -0.3 is 5.21 Å². The van der Waals surface area contributed by atoms with E-state index >= 15 is 0 Å². The minimum absolute atomic E-state index is 0.505. The Labute approximate surface area is 103 Å². The summed E-state index contributed by atoms with van der Waals surface area (Å²) in [6.45, 7) is 0. The first kappa shape index (κ1) is 10.4. The molecule has 0 radical (unpaired) electrons. The number of rotatable bonds is 1. The summed E-state index contributed by atoms with van der Waals surface area (Å²) >= 11 is 0. The minimum Gasteiger partial charge on any atom is -0.410 e. The average Bonchev–Trinajstić information content (AvgIpc) is 2.72. The van der Waals surface area contributed by atoms with Crippen LogP contribution in [0.5, 0.6) is 0 Å². The molecule has 0 saturated heterocycles. The topological polar surface area (TPSA) is 81.4 Å². The van der Waals surface area contributed by atoms with Crippen LogP contribution in [0.15, 0.2) is 52.7 Å². The van der Waals surface area contributed by atoms with Crippen molar-refractivity contribution in [2.45, 2.75) is 0 Å². The van der Waals surface area contributed by atoms with Gasteiger partial charge in [-0.1, -0.05) is 46.7 Å². The third kappa shape index (κ3) is 1.35. The zero-order valence-electron chi connectivity index (χ0n) is 9.28. The van der Waals surface area contributed by atoms with Crippen molar-refractivity contribution in [2.75, 3.05) is 0 Å². The van der Waals surface area contributed by atoms with E-state index in [1.807, 2.05) is 30.3 Å². The molecule has 0 saturated carbocycles. The molecule has 0 aliphatic heterocycles. The second-order valence-corrected chi connectivity index (χ2v) is 3.91. The van der Waals surface area contributed by atoms with Crippen LogP contribution in [-0.2, 0) is 0 Å². The molecular formula is C13H8N4O. The van der Waals surface area contributed by atoms with Crippen LogP contribution in [-0.4, -0.2) is 10.9 Å². The Morgan fingerprint density at radius 2 is 1.67 bits per heavy atom. The van der Waals surface area contributed by atoms with E-state index in [4.69, 9.17) is 10.7 Å². The Bertz CT molecular complexity index is 715. The van der Waals surface area contributed by atoms with Gasteiger partial charge in [-0.3, -0.25) is 0 Å². The van der Waals surface area contributed by atoms with E-state index < -0.39 is 0 Å². The molecule has 1 N–H and O–H groups in total. The zero-order valence-corrected chi connectivity index (χ0v) is 9.28. The summed E-state index contributed by atoms with van der Waals surface area (Å²) in [7, 11) is 0. The van der Waals surface area contributed by atoms with Crippen molar-refractivity contribution >= 4 is 11.4 Å². The number of hydrogen-bond donors (Lipinski definition) is 1. The monoisotopic (exact) mass is 236 g/mol. The van der Waals surface area contributed by atoms with Crippen molar-refractivity contribution in [2.24, 2.45) is 10.3 Å². The second kappa shape index (κ2) is 3.91. The summed E-state index contributed by atoms with van der Waals surface area (Å²) in [5.74, 6) is 0. The molecule has 3 rings (SSSR count). The number of benzene rings is 2. The van der Waals surface area contributed by atoms with Gasteiger partial charge in [0.25, 0.3) is 0 Å². The van der Waals surface area contributed by atoms with E-state index in [0.29, 0.717) is 11.4 Å². The van der Waals surface area contributed by atoms with Crippen LogP contribution in [0, 0.1) is 0 Å². The third-order valence-corrected chi connectivity index (χ3v) is 2.99. The number of fused-ring (bicyclic) bond motifs is 3. The lowest BCUT2D eigenvalue weighted by molar-refractivity contribution is 0.320. The molecule has 0 fully saturated rings. The molecule has 1 aliphatic rings. The predicted octanol–water partition coefficient (Wildman–Crippen LogP) is 3.84. The van der Waals surface area contributed by atoms with Crippen molar-refractivity contribution in [1.29, 1.82) is 0 Å². The van der Waals surface area contributed by atoms with Gasteiger partial charge in [-0.2, -0.15) is 0 Å². The van der Waals surface area contributed by atoms with Gasteiger partial charge in [0.1, 0.15) is 5.71 Å². The van der Waals surface area contributed by atoms with Gasteiger partial charge in [0, 0.05) is 21.7 Å². The summed E-state index contributed by atoms with van der Waals surface area (Å²) in [5, 5.41) is 16.1. The van der Waals surface area contributed by atoms with E-state index in [9.17, 15) is 0 Å². The van der Waals surface area contributed by atoms with Crippen molar-refractivity contribution in [1.82, 2.24) is 0 Å². The SMILES string of the molecule is [N-]=[N+]=Nc1ccc2c(c1)/C(=N/O)c1ccccc1-2. The quantitative estimate of drug-likeness (QED) is 0.225. The molecule has 0 heterocycles. The lowest BCUT2D eigenvalue weighted by atomic mass is 10.1. The molecule has 0 bridgehead atoms. The highest BCUT2D eigenvalue weighted by molar-refractivity contribution is 6.24. The first-order valence-corrected chi connectivity index (χ1v) is 5.36. The fourth-order valence-electron chi connectivity index (χ4n) is 2.25. The Kier molecular flexibility index (Phi) is 2.25. The van der Waals surface area contributed by atoms with E-state index in [1.165, 1.54) is 0 Å². The molecule has 0 aromatic heterocycles. The van der Waals surface area contributed by atoms with Gasteiger partial charge in [-0.05, 0) is 22.7 Å². The maximum atomic E-state index is 9.16. The Morgan fingerprint density at radius 3 is 2.39 bits per heavy atom. The Morgan fingerprint density at radius 1 is 0.944 bits per heavy atom. The highest BCUT2D eigenvalue weighted by Gasteiger charge is 2.24. The zero-order chi connectivity index (χ0) is 12.5. The number of nitrogens with zero attached hydrogens (tertiary/aromatic N) is 4. The molecular weight excluding hydrogens is 228 g/mol. The molecule has 0 amide bonds. The molecule has 86 valence electrons. The fraction of sp³-hybridized carbons (Fsp3) is 0. The van der Waals surface area contributed by atoms with Crippen molar-refractivity contribution in [3.8, 4) is 11.1 Å². The fourth-order valence-corrected chi connectivity index (χ4v) is 2.25. The van der Waals surface area contributed by atoms with Gasteiger partial charge in [-0.15, -0.1) is 0 Å². The molecule has 18 heavy (non-hydrogen) atoms. The van der Waals surface area contributed by atoms with Gasteiger partial charge in [0.2, 0.25) is 0 Å².